The largest absolute Gasteiger partial charge is 0.376 e. The van der Waals surface area contributed by atoms with Gasteiger partial charge in [-0.1, -0.05) is 12.2 Å². The lowest BCUT2D eigenvalue weighted by atomic mass is 10.3. The van der Waals surface area contributed by atoms with Crippen LogP contribution >= 0.6 is 0 Å². The van der Waals surface area contributed by atoms with E-state index in [2.05, 4.69) is 11.9 Å². The summed E-state index contributed by atoms with van der Waals surface area (Å²) in [6.07, 6.45) is 0. The molecule has 0 spiro atoms. The third kappa shape index (κ3) is 5.07. The summed E-state index contributed by atoms with van der Waals surface area (Å²) in [6, 6.07) is 3.07. The highest BCUT2D eigenvalue weighted by molar-refractivity contribution is 5.81. The Hall–Kier alpha value is -1.91. The molecule has 0 saturated heterocycles. The van der Waals surface area contributed by atoms with Crippen LogP contribution < -0.4 is 5.32 Å². The maximum Gasteiger partial charge on any atom is 0.242 e. The van der Waals surface area contributed by atoms with Gasteiger partial charge in [0.15, 0.2) is 0 Å². The average molecular weight is 268 g/mol. The first-order valence-corrected chi connectivity index (χ1v) is 6.04. The minimum absolute atomic E-state index is 0.00991. The van der Waals surface area contributed by atoms with Gasteiger partial charge in [-0.2, -0.15) is 0 Å². The van der Waals surface area contributed by atoms with E-state index >= 15 is 0 Å². The molecule has 0 bridgehead atoms. The molecule has 1 amide bonds. The molecule has 0 saturated carbocycles. The highest BCUT2D eigenvalue weighted by Gasteiger charge is 2.11. The summed E-state index contributed by atoms with van der Waals surface area (Å²) < 4.78 is 25.9. The van der Waals surface area contributed by atoms with Gasteiger partial charge in [0.25, 0.3) is 0 Å². The molecule has 0 heterocycles. The number of hydrogen-bond acceptors (Lipinski definition) is 2. The van der Waals surface area contributed by atoms with Crippen molar-refractivity contribution in [2.45, 2.75) is 13.8 Å². The first-order chi connectivity index (χ1) is 8.92. The minimum Gasteiger partial charge on any atom is -0.376 e. The Morgan fingerprint density at radius 3 is 2.37 bits per heavy atom. The zero-order valence-corrected chi connectivity index (χ0v) is 11.2. The molecular weight excluding hydrogens is 250 g/mol. The molecule has 0 radical (unpaired) electrons. The molecule has 104 valence electrons. The van der Waals surface area contributed by atoms with E-state index in [4.69, 9.17) is 0 Å². The molecule has 1 N–H and O–H groups in total. The van der Waals surface area contributed by atoms with E-state index in [-0.39, 0.29) is 18.1 Å². The number of halogens is 2. The Bertz CT molecular complexity index is 454. The second-order valence-corrected chi connectivity index (χ2v) is 4.38. The zero-order valence-electron chi connectivity index (χ0n) is 11.2. The number of carbonyl (C=O) groups is 1. The van der Waals surface area contributed by atoms with Crippen LogP contribution in [0.2, 0.25) is 0 Å². The van der Waals surface area contributed by atoms with E-state index in [1.54, 1.807) is 4.90 Å². The molecular formula is C14H18F2N2O. The topological polar surface area (TPSA) is 32.3 Å². The van der Waals surface area contributed by atoms with E-state index in [1.807, 2.05) is 13.8 Å². The second kappa shape index (κ2) is 6.87. The van der Waals surface area contributed by atoms with Gasteiger partial charge in [-0.05, 0) is 26.0 Å². The number of amides is 1. The Morgan fingerprint density at radius 1 is 1.32 bits per heavy atom. The minimum atomic E-state index is -0.677. The molecule has 1 rings (SSSR count). The van der Waals surface area contributed by atoms with Gasteiger partial charge in [-0.3, -0.25) is 4.79 Å². The molecule has 0 unspecified atom stereocenters. The Labute approximate surface area is 111 Å². The monoisotopic (exact) mass is 268 g/mol. The lowest BCUT2D eigenvalue weighted by molar-refractivity contribution is -0.128. The van der Waals surface area contributed by atoms with Crippen molar-refractivity contribution in [1.82, 2.24) is 4.90 Å². The van der Waals surface area contributed by atoms with Crippen molar-refractivity contribution in [2.75, 3.05) is 25.0 Å². The average Bonchev–Trinajstić information content (AvgIpc) is 2.31. The van der Waals surface area contributed by atoms with Gasteiger partial charge < -0.3 is 10.2 Å². The maximum absolute atomic E-state index is 13.0. The first-order valence-electron chi connectivity index (χ1n) is 6.04. The van der Waals surface area contributed by atoms with E-state index in [1.165, 1.54) is 0 Å². The standard InChI is InChI=1S/C14H18F2N2O/c1-4-18(9-10(2)3)14(19)8-17-13-6-11(15)5-12(16)7-13/h5-7,17H,2,4,8-9H2,1,3H3. The Kier molecular flexibility index (Phi) is 5.48. The van der Waals surface area contributed by atoms with Crippen molar-refractivity contribution < 1.29 is 13.6 Å². The molecule has 0 aliphatic carbocycles. The van der Waals surface area contributed by atoms with Crippen LogP contribution in [0.25, 0.3) is 0 Å². The van der Waals surface area contributed by atoms with Crippen LogP contribution in [0.4, 0.5) is 14.5 Å². The van der Waals surface area contributed by atoms with Gasteiger partial charge in [-0.15, -0.1) is 0 Å². The van der Waals surface area contributed by atoms with Gasteiger partial charge in [-0.25, -0.2) is 8.78 Å². The van der Waals surface area contributed by atoms with Crippen LogP contribution in [0.3, 0.4) is 0 Å². The van der Waals surface area contributed by atoms with Crippen molar-refractivity contribution in [2.24, 2.45) is 0 Å². The highest BCUT2D eigenvalue weighted by atomic mass is 19.1. The molecule has 1 aromatic carbocycles. The smallest absolute Gasteiger partial charge is 0.242 e. The molecule has 19 heavy (non-hydrogen) atoms. The molecule has 5 heteroatoms. The summed E-state index contributed by atoms with van der Waals surface area (Å²) in [6.45, 7) is 8.49. The van der Waals surface area contributed by atoms with E-state index in [9.17, 15) is 13.6 Å². The summed E-state index contributed by atoms with van der Waals surface area (Å²) in [5.41, 5.74) is 1.13. The molecule has 0 aliphatic heterocycles. The number of nitrogens with zero attached hydrogens (tertiary/aromatic N) is 1. The first kappa shape index (κ1) is 15.1. The van der Waals surface area contributed by atoms with Crippen molar-refractivity contribution in [1.29, 1.82) is 0 Å². The fraction of sp³-hybridized carbons (Fsp3) is 0.357. The molecule has 1 aromatic rings. The van der Waals surface area contributed by atoms with Gasteiger partial charge in [0.1, 0.15) is 11.6 Å². The fourth-order valence-corrected chi connectivity index (χ4v) is 1.65. The van der Waals surface area contributed by atoms with Crippen molar-refractivity contribution in [3.8, 4) is 0 Å². The number of benzene rings is 1. The van der Waals surface area contributed by atoms with Crippen molar-refractivity contribution in [3.63, 3.8) is 0 Å². The predicted octanol–water partition coefficient (Wildman–Crippen LogP) is 2.80. The molecule has 0 aromatic heterocycles. The zero-order chi connectivity index (χ0) is 14.4. The van der Waals surface area contributed by atoms with E-state index in [0.717, 1.165) is 23.8 Å². The second-order valence-electron chi connectivity index (χ2n) is 4.38. The van der Waals surface area contributed by atoms with Crippen molar-refractivity contribution >= 4 is 11.6 Å². The van der Waals surface area contributed by atoms with Crippen LogP contribution in [-0.2, 0) is 4.79 Å². The molecule has 0 fully saturated rings. The predicted molar refractivity (Wildman–Crippen MR) is 71.9 cm³/mol. The normalized spacial score (nSPS) is 10.1. The summed E-state index contributed by atoms with van der Waals surface area (Å²) in [5.74, 6) is -1.50. The van der Waals surface area contributed by atoms with Crippen molar-refractivity contribution in [3.05, 3.63) is 42.0 Å². The number of hydrogen-bond donors (Lipinski definition) is 1. The molecule has 0 aliphatic rings. The third-order valence-electron chi connectivity index (χ3n) is 2.50. The summed E-state index contributed by atoms with van der Waals surface area (Å²) in [5, 5.41) is 2.71. The van der Waals surface area contributed by atoms with Gasteiger partial charge in [0.2, 0.25) is 5.91 Å². The Morgan fingerprint density at radius 2 is 1.89 bits per heavy atom. The molecule has 3 nitrogen and oxygen atoms in total. The quantitative estimate of drug-likeness (QED) is 0.805. The number of likely N-dealkylation sites (N-methyl/N-ethyl adjacent to an activating group) is 1. The van der Waals surface area contributed by atoms with Gasteiger partial charge >= 0.3 is 0 Å². The lowest BCUT2D eigenvalue weighted by Gasteiger charge is -2.21. The van der Waals surface area contributed by atoms with Gasteiger partial charge in [0, 0.05) is 24.8 Å². The van der Waals surface area contributed by atoms with Crippen LogP contribution in [0.1, 0.15) is 13.8 Å². The number of anilines is 1. The summed E-state index contributed by atoms with van der Waals surface area (Å²) in [4.78, 5) is 13.5. The Balaban J connectivity index is 2.59. The van der Waals surface area contributed by atoms with E-state index < -0.39 is 11.6 Å². The molecule has 0 atom stereocenters. The highest BCUT2D eigenvalue weighted by Crippen LogP contribution is 2.12. The maximum atomic E-state index is 13.0. The van der Waals surface area contributed by atoms with Crippen LogP contribution in [-0.4, -0.2) is 30.4 Å². The van der Waals surface area contributed by atoms with Gasteiger partial charge in [0.05, 0.1) is 6.54 Å². The van der Waals surface area contributed by atoms with Crippen LogP contribution in [0.5, 0.6) is 0 Å². The fourth-order valence-electron chi connectivity index (χ4n) is 1.65. The number of nitrogens with one attached hydrogen (secondary N) is 1. The summed E-state index contributed by atoms with van der Waals surface area (Å²) in [7, 11) is 0. The van der Waals surface area contributed by atoms with Crippen LogP contribution in [0, 0.1) is 11.6 Å². The SMILES string of the molecule is C=C(C)CN(CC)C(=O)CNc1cc(F)cc(F)c1. The van der Waals surface area contributed by atoms with E-state index in [0.29, 0.717) is 13.1 Å². The summed E-state index contributed by atoms with van der Waals surface area (Å²) >= 11 is 0. The lowest BCUT2D eigenvalue weighted by Crippen LogP contribution is -2.36. The van der Waals surface area contributed by atoms with Crippen LogP contribution in [0.15, 0.2) is 30.4 Å². The number of carbonyl (C=O) groups excluding carboxylic acids is 1. The third-order valence-corrected chi connectivity index (χ3v) is 2.50. The number of rotatable bonds is 6.